The molecule has 2 aromatic heterocycles. The molecule has 1 aliphatic heterocycles. The van der Waals surface area contributed by atoms with Gasteiger partial charge in [0.2, 0.25) is 5.76 Å². The monoisotopic (exact) mass is 382 g/mol. The summed E-state index contributed by atoms with van der Waals surface area (Å²) in [5.41, 5.74) is 7.73. The highest BCUT2D eigenvalue weighted by Gasteiger charge is 2.28. The topological polar surface area (TPSA) is 103 Å². The van der Waals surface area contributed by atoms with Crippen LogP contribution < -0.4 is 5.73 Å². The van der Waals surface area contributed by atoms with Crippen molar-refractivity contribution in [2.75, 3.05) is 20.1 Å². The standard InChI is InChI=1S/C10H16N4.C10H8N2O2.H2/c1-13-5-8(6-13)10-7-14(12-11-10)9-3-2-4-9;11-10(13)9-6-8(12-14-9)7-4-2-1-3-5-7;/h7-9H,2-6H2,1H3;1-6H,(H2,11,13);1H. The molecule has 2 aliphatic rings. The highest BCUT2D eigenvalue weighted by atomic mass is 16.5. The Kier molecular flexibility index (Phi) is 5.21. The summed E-state index contributed by atoms with van der Waals surface area (Å²) in [6.45, 7) is 2.28. The minimum atomic E-state index is -0.611. The molecule has 0 radical (unpaired) electrons. The lowest BCUT2D eigenvalue weighted by Crippen LogP contribution is -2.41. The number of hydrogen-bond acceptors (Lipinski definition) is 6. The van der Waals surface area contributed by atoms with E-state index in [1.807, 2.05) is 30.3 Å². The van der Waals surface area contributed by atoms with Crippen molar-refractivity contribution >= 4 is 5.91 Å². The maximum Gasteiger partial charge on any atom is 0.287 e. The molecule has 1 aromatic carbocycles. The molecule has 5 rings (SSSR count). The molecule has 0 spiro atoms. The predicted octanol–water partition coefficient (Wildman–Crippen LogP) is 2.72. The third kappa shape index (κ3) is 3.96. The summed E-state index contributed by atoms with van der Waals surface area (Å²) in [4.78, 5) is 13.0. The number of aromatic nitrogens is 4. The number of likely N-dealkylation sites (N-methyl/N-ethyl adjacent to an activating group) is 1. The minimum absolute atomic E-state index is 0. The predicted molar refractivity (Wildman–Crippen MR) is 106 cm³/mol. The fraction of sp³-hybridized carbons (Fsp3) is 0.400. The van der Waals surface area contributed by atoms with Crippen LogP contribution in [0.4, 0.5) is 0 Å². The van der Waals surface area contributed by atoms with Gasteiger partial charge in [0.05, 0.1) is 11.7 Å². The molecular formula is C20H26N6O2. The van der Waals surface area contributed by atoms with E-state index in [4.69, 9.17) is 10.3 Å². The van der Waals surface area contributed by atoms with E-state index in [9.17, 15) is 4.79 Å². The average Bonchev–Trinajstić information content (AvgIpc) is 3.29. The van der Waals surface area contributed by atoms with Gasteiger partial charge in [-0.3, -0.25) is 4.79 Å². The Labute approximate surface area is 164 Å². The lowest BCUT2D eigenvalue weighted by molar-refractivity contribution is 0.0965. The first-order chi connectivity index (χ1) is 13.6. The van der Waals surface area contributed by atoms with E-state index in [0.717, 1.165) is 18.7 Å². The number of carbonyl (C=O) groups excluding carboxylic acids is 1. The lowest BCUT2D eigenvalue weighted by atomic mass is 9.93. The lowest BCUT2D eigenvalue weighted by Gasteiger charge is -2.34. The van der Waals surface area contributed by atoms with E-state index < -0.39 is 5.91 Å². The van der Waals surface area contributed by atoms with Crippen molar-refractivity contribution in [2.45, 2.75) is 31.2 Å². The molecule has 2 fully saturated rings. The van der Waals surface area contributed by atoms with E-state index in [1.165, 1.54) is 31.0 Å². The number of amides is 1. The highest BCUT2D eigenvalue weighted by Crippen LogP contribution is 2.32. The van der Waals surface area contributed by atoms with Crippen LogP contribution in [-0.2, 0) is 0 Å². The second-order valence-corrected chi connectivity index (χ2v) is 7.43. The SMILES string of the molecule is CN1CC(c2cn(C3CCC3)nn2)C1.NC(=O)c1cc(-c2ccccc2)no1.[HH]. The van der Waals surface area contributed by atoms with Crippen LogP contribution in [0.2, 0.25) is 0 Å². The van der Waals surface area contributed by atoms with E-state index in [2.05, 4.69) is 38.3 Å². The Balaban J connectivity index is 0.000000160. The van der Waals surface area contributed by atoms with Crippen LogP contribution in [0.1, 0.15) is 48.9 Å². The third-order valence-corrected chi connectivity index (χ3v) is 5.28. The maximum atomic E-state index is 10.7. The molecule has 28 heavy (non-hydrogen) atoms. The molecular weight excluding hydrogens is 356 g/mol. The molecule has 1 amide bonds. The van der Waals surface area contributed by atoms with Crippen LogP contribution in [0.5, 0.6) is 0 Å². The molecule has 1 saturated carbocycles. The minimum Gasteiger partial charge on any atom is -0.363 e. The summed E-state index contributed by atoms with van der Waals surface area (Å²) in [5, 5.41) is 12.2. The second-order valence-electron chi connectivity index (χ2n) is 7.43. The van der Waals surface area contributed by atoms with Crippen molar-refractivity contribution in [3.8, 4) is 11.3 Å². The Morgan fingerprint density at radius 3 is 2.57 bits per heavy atom. The van der Waals surface area contributed by atoms with Crippen molar-refractivity contribution < 1.29 is 10.7 Å². The molecule has 0 bridgehead atoms. The van der Waals surface area contributed by atoms with Gasteiger partial charge in [-0.1, -0.05) is 40.7 Å². The van der Waals surface area contributed by atoms with Crippen molar-refractivity contribution in [3.05, 3.63) is 54.0 Å². The molecule has 148 valence electrons. The van der Waals surface area contributed by atoms with Gasteiger partial charge in [0.15, 0.2) is 0 Å². The molecule has 0 unspecified atom stereocenters. The Morgan fingerprint density at radius 1 is 1.25 bits per heavy atom. The Bertz CT molecular complexity index is 931. The summed E-state index contributed by atoms with van der Waals surface area (Å²) in [5.74, 6) is 0.0948. The van der Waals surface area contributed by atoms with Crippen LogP contribution >= 0.6 is 0 Å². The largest absolute Gasteiger partial charge is 0.363 e. The summed E-state index contributed by atoms with van der Waals surface area (Å²) in [6, 6.07) is 11.6. The Hall–Kier alpha value is -3.00. The summed E-state index contributed by atoms with van der Waals surface area (Å²) in [7, 11) is 2.15. The maximum absolute atomic E-state index is 10.7. The number of likely N-dealkylation sites (tertiary alicyclic amines) is 1. The van der Waals surface area contributed by atoms with Crippen molar-refractivity contribution in [1.82, 2.24) is 25.1 Å². The fourth-order valence-electron chi connectivity index (χ4n) is 3.33. The molecule has 1 saturated heterocycles. The highest BCUT2D eigenvalue weighted by molar-refractivity contribution is 5.90. The van der Waals surface area contributed by atoms with Crippen LogP contribution in [0, 0.1) is 0 Å². The van der Waals surface area contributed by atoms with Gasteiger partial charge in [0, 0.05) is 38.3 Å². The van der Waals surface area contributed by atoms with E-state index in [-0.39, 0.29) is 7.19 Å². The third-order valence-electron chi connectivity index (χ3n) is 5.28. The molecule has 2 N–H and O–H groups in total. The van der Waals surface area contributed by atoms with Gasteiger partial charge in [-0.15, -0.1) is 5.10 Å². The number of rotatable bonds is 4. The first kappa shape index (κ1) is 18.4. The van der Waals surface area contributed by atoms with Crippen molar-refractivity contribution in [1.29, 1.82) is 0 Å². The first-order valence-corrected chi connectivity index (χ1v) is 9.52. The van der Waals surface area contributed by atoms with Crippen LogP contribution in [-0.4, -0.2) is 51.1 Å². The normalized spacial score (nSPS) is 17.3. The van der Waals surface area contributed by atoms with Crippen molar-refractivity contribution in [3.63, 3.8) is 0 Å². The Morgan fingerprint density at radius 2 is 2.00 bits per heavy atom. The van der Waals surface area contributed by atoms with Gasteiger partial charge < -0.3 is 15.2 Å². The van der Waals surface area contributed by atoms with Crippen LogP contribution in [0.15, 0.2) is 47.1 Å². The van der Waals surface area contributed by atoms with Gasteiger partial charge in [0.1, 0.15) is 5.69 Å². The van der Waals surface area contributed by atoms with E-state index in [0.29, 0.717) is 17.7 Å². The number of nitrogens with two attached hydrogens (primary N) is 1. The number of nitrogens with zero attached hydrogens (tertiary/aromatic N) is 5. The second kappa shape index (κ2) is 7.93. The van der Waals surface area contributed by atoms with Gasteiger partial charge >= 0.3 is 0 Å². The molecule has 0 atom stereocenters. The molecule has 3 heterocycles. The number of hydrogen-bond donors (Lipinski definition) is 1. The van der Waals surface area contributed by atoms with Gasteiger partial charge in [0.25, 0.3) is 5.91 Å². The van der Waals surface area contributed by atoms with Gasteiger partial charge in [-0.2, -0.15) is 0 Å². The van der Waals surface area contributed by atoms with E-state index in [1.54, 1.807) is 0 Å². The zero-order chi connectivity index (χ0) is 19.5. The molecule has 3 aromatic rings. The summed E-state index contributed by atoms with van der Waals surface area (Å²) < 4.78 is 6.82. The van der Waals surface area contributed by atoms with Crippen LogP contribution in [0.3, 0.4) is 0 Å². The molecule has 1 aliphatic carbocycles. The zero-order valence-electron chi connectivity index (χ0n) is 15.9. The smallest absolute Gasteiger partial charge is 0.287 e. The van der Waals surface area contributed by atoms with Crippen molar-refractivity contribution in [2.24, 2.45) is 5.73 Å². The fourth-order valence-corrected chi connectivity index (χ4v) is 3.33. The number of primary amides is 1. The zero-order valence-corrected chi connectivity index (χ0v) is 15.9. The van der Waals surface area contributed by atoms with Gasteiger partial charge in [-0.05, 0) is 26.3 Å². The molecule has 8 heteroatoms. The quantitative estimate of drug-likeness (QED) is 0.744. The van der Waals surface area contributed by atoms with Crippen LogP contribution in [0.25, 0.3) is 11.3 Å². The molecule has 8 nitrogen and oxygen atoms in total. The van der Waals surface area contributed by atoms with Gasteiger partial charge in [-0.25, -0.2) is 4.68 Å². The summed E-state index contributed by atoms with van der Waals surface area (Å²) >= 11 is 0. The number of carbonyl (C=O) groups is 1. The number of benzene rings is 1. The first-order valence-electron chi connectivity index (χ1n) is 9.52. The average molecular weight is 382 g/mol. The van der Waals surface area contributed by atoms with E-state index >= 15 is 0 Å². The summed E-state index contributed by atoms with van der Waals surface area (Å²) in [6.07, 6.45) is 6.08.